The molecule has 0 aromatic heterocycles. The van der Waals surface area contributed by atoms with Crippen molar-refractivity contribution in [2.45, 2.75) is 45.1 Å². The number of ether oxygens (including phenoxy) is 3. The van der Waals surface area contributed by atoms with Gasteiger partial charge in [0.2, 0.25) is 0 Å². The van der Waals surface area contributed by atoms with Crippen molar-refractivity contribution < 1.29 is 45.3 Å². The number of methoxy groups -OCH3 is 1. The molecule has 0 heterocycles. The summed E-state index contributed by atoms with van der Waals surface area (Å²) in [6, 6.07) is 0. The molecular weight excluding hydrogens is 322 g/mol. The van der Waals surface area contributed by atoms with Crippen LogP contribution in [0.4, 0.5) is 26.3 Å². The Labute approximate surface area is 123 Å². The number of hydrogen-bond donors (Lipinski definition) is 0. The number of alkyl halides is 6. The number of hydrogen-bond acceptors (Lipinski definition) is 4. The number of esters is 1. The van der Waals surface area contributed by atoms with E-state index < -0.39 is 42.7 Å². The van der Waals surface area contributed by atoms with Crippen LogP contribution in [0.25, 0.3) is 0 Å². The van der Waals surface area contributed by atoms with E-state index in [2.05, 4.69) is 14.2 Å². The normalized spacial score (nSPS) is 14.1. The first-order valence-electron chi connectivity index (χ1n) is 6.18. The Morgan fingerprint density at radius 1 is 1.00 bits per heavy atom. The number of halogens is 6. The van der Waals surface area contributed by atoms with E-state index in [4.69, 9.17) is 0 Å². The molecule has 22 heavy (non-hydrogen) atoms. The van der Waals surface area contributed by atoms with Crippen molar-refractivity contribution in [3.05, 3.63) is 0 Å². The van der Waals surface area contributed by atoms with Crippen LogP contribution in [0.15, 0.2) is 0 Å². The molecular formula is C12H18F6O4. The lowest BCUT2D eigenvalue weighted by atomic mass is 9.90. The molecule has 0 atom stereocenters. The molecule has 0 N–H and O–H groups in total. The predicted molar refractivity (Wildman–Crippen MR) is 62.8 cm³/mol. The lowest BCUT2D eigenvalue weighted by Crippen LogP contribution is -2.62. The molecule has 0 aliphatic heterocycles. The summed E-state index contributed by atoms with van der Waals surface area (Å²) < 4.78 is 89.8. The lowest BCUT2D eigenvalue weighted by Gasteiger charge is -2.36. The highest BCUT2D eigenvalue weighted by molar-refractivity contribution is 5.75. The second kappa shape index (κ2) is 7.03. The largest absolute Gasteiger partial charge is 0.461 e. The summed E-state index contributed by atoms with van der Waals surface area (Å²) in [4.78, 5) is 11.6. The fourth-order valence-corrected chi connectivity index (χ4v) is 1.20. The van der Waals surface area contributed by atoms with Gasteiger partial charge in [0.1, 0.15) is 13.4 Å². The van der Waals surface area contributed by atoms with Gasteiger partial charge in [-0.25, -0.2) is 0 Å². The Kier molecular flexibility index (Phi) is 6.70. The maximum Gasteiger partial charge on any atom is 0.430 e. The Hall–Kier alpha value is -1.03. The standard InChI is InChI=1S/C12H18F6O4/c1-5-9(2,3)8(19)21-6-10(11(13,14)15,12(16,17)18)22-7-20-4/h5-7H2,1-4H3. The summed E-state index contributed by atoms with van der Waals surface area (Å²) in [5.41, 5.74) is -5.86. The van der Waals surface area contributed by atoms with Crippen molar-refractivity contribution in [2.24, 2.45) is 5.41 Å². The van der Waals surface area contributed by atoms with Gasteiger partial charge >= 0.3 is 18.3 Å². The van der Waals surface area contributed by atoms with Gasteiger partial charge in [-0.15, -0.1) is 0 Å². The Morgan fingerprint density at radius 3 is 1.77 bits per heavy atom. The third-order valence-electron chi connectivity index (χ3n) is 3.18. The first kappa shape index (κ1) is 21.0. The molecule has 0 aromatic carbocycles. The van der Waals surface area contributed by atoms with E-state index in [1.54, 1.807) is 6.92 Å². The van der Waals surface area contributed by atoms with Crippen LogP contribution in [-0.2, 0) is 19.0 Å². The molecule has 0 unspecified atom stereocenters. The van der Waals surface area contributed by atoms with Gasteiger partial charge in [-0.3, -0.25) is 4.79 Å². The molecule has 0 radical (unpaired) electrons. The second-order valence-corrected chi connectivity index (χ2v) is 5.19. The Balaban J connectivity index is 5.46. The zero-order valence-corrected chi connectivity index (χ0v) is 12.5. The molecule has 0 bridgehead atoms. The van der Waals surface area contributed by atoms with Gasteiger partial charge in [0.25, 0.3) is 5.60 Å². The van der Waals surface area contributed by atoms with Crippen molar-refractivity contribution >= 4 is 5.97 Å². The average Bonchev–Trinajstić information content (AvgIpc) is 2.35. The number of carbonyl (C=O) groups excluding carboxylic acids is 1. The molecule has 0 amide bonds. The molecule has 0 aliphatic rings. The van der Waals surface area contributed by atoms with E-state index in [0.29, 0.717) is 0 Å². The summed E-state index contributed by atoms with van der Waals surface area (Å²) in [6.07, 6.45) is -11.5. The SMILES string of the molecule is CCC(C)(C)C(=O)OCC(OCOC)(C(F)(F)F)C(F)(F)F. The quantitative estimate of drug-likeness (QED) is 0.405. The maximum atomic E-state index is 12.9. The smallest absolute Gasteiger partial charge is 0.430 e. The monoisotopic (exact) mass is 340 g/mol. The van der Waals surface area contributed by atoms with E-state index in [-0.39, 0.29) is 6.42 Å². The van der Waals surface area contributed by atoms with Crippen molar-refractivity contribution in [3.8, 4) is 0 Å². The van der Waals surface area contributed by atoms with Crippen LogP contribution in [0, 0.1) is 5.41 Å². The van der Waals surface area contributed by atoms with Crippen molar-refractivity contribution in [2.75, 3.05) is 20.5 Å². The molecule has 0 aromatic rings. The molecule has 0 saturated carbocycles. The van der Waals surface area contributed by atoms with E-state index in [1.165, 1.54) is 13.8 Å². The van der Waals surface area contributed by atoms with Gasteiger partial charge in [0.15, 0.2) is 0 Å². The van der Waals surface area contributed by atoms with Gasteiger partial charge < -0.3 is 14.2 Å². The second-order valence-electron chi connectivity index (χ2n) is 5.19. The summed E-state index contributed by atoms with van der Waals surface area (Å²) in [5, 5.41) is 0. The third-order valence-corrected chi connectivity index (χ3v) is 3.18. The topological polar surface area (TPSA) is 44.8 Å². The van der Waals surface area contributed by atoms with Crippen LogP contribution in [0.1, 0.15) is 27.2 Å². The lowest BCUT2D eigenvalue weighted by molar-refractivity contribution is -0.399. The summed E-state index contributed by atoms with van der Waals surface area (Å²) >= 11 is 0. The minimum absolute atomic E-state index is 0.176. The maximum absolute atomic E-state index is 12.9. The Morgan fingerprint density at radius 2 is 1.45 bits per heavy atom. The average molecular weight is 340 g/mol. The fraction of sp³-hybridized carbons (Fsp3) is 0.917. The minimum Gasteiger partial charge on any atom is -0.461 e. The molecule has 10 heteroatoms. The van der Waals surface area contributed by atoms with Crippen molar-refractivity contribution in [1.29, 1.82) is 0 Å². The van der Waals surface area contributed by atoms with Crippen molar-refractivity contribution in [3.63, 3.8) is 0 Å². The number of rotatable bonds is 7. The summed E-state index contributed by atoms with van der Waals surface area (Å²) in [6.45, 7) is 0.922. The van der Waals surface area contributed by atoms with Crippen LogP contribution in [-0.4, -0.2) is 44.4 Å². The molecule has 0 spiro atoms. The van der Waals surface area contributed by atoms with E-state index in [0.717, 1.165) is 7.11 Å². The van der Waals surface area contributed by atoms with Crippen LogP contribution < -0.4 is 0 Å². The number of carbonyl (C=O) groups is 1. The third kappa shape index (κ3) is 4.48. The molecule has 0 aliphatic carbocycles. The first-order valence-corrected chi connectivity index (χ1v) is 6.18. The van der Waals surface area contributed by atoms with Gasteiger partial charge in [-0.05, 0) is 20.3 Å². The first-order chi connectivity index (χ1) is 9.75. The summed E-state index contributed by atoms with van der Waals surface area (Å²) in [5.74, 6) is -1.19. The zero-order chi connectivity index (χ0) is 17.8. The molecule has 0 saturated heterocycles. The van der Waals surface area contributed by atoms with E-state index >= 15 is 0 Å². The molecule has 132 valence electrons. The van der Waals surface area contributed by atoms with E-state index in [9.17, 15) is 31.1 Å². The van der Waals surface area contributed by atoms with Crippen molar-refractivity contribution in [1.82, 2.24) is 0 Å². The molecule has 0 fully saturated rings. The highest BCUT2D eigenvalue weighted by atomic mass is 19.4. The predicted octanol–water partition coefficient (Wildman–Crippen LogP) is 3.45. The van der Waals surface area contributed by atoms with Crippen LogP contribution in [0.3, 0.4) is 0 Å². The van der Waals surface area contributed by atoms with E-state index in [1.807, 2.05) is 0 Å². The van der Waals surface area contributed by atoms with Gasteiger partial charge in [-0.2, -0.15) is 26.3 Å². The van der Waals surface area contributed by atoms with Gasteiger partial charge in [0, 0.05) is 7.11 Å². The fourth-order valence-electron chi connectivity index (χ4n) is 1.20. The van der Waals surface area contributed by atoms with Gasteiger partial charge in [0.05, 0.1) is 5.41 Å². The minimum atomic E-state index is -5.85. The van der Waals surface area contributed by atoms with Crippen LogP contribution >= 0.6 is 0 Å². The summed E-state index contributed by atoms with van der Waals surface area (Å²) in [7, 11) is 0.865. The molecule has 4 nitrogen and oxygen atoms in total. The van der Waals surface area contributed by atoms with Gasteiger partial charge in [-0.1, -0.05) is 6.92 Å². The highest BCUT2D eigenvalue weighted by Crippen LogP contribution is 2.46. The zero-order valence-electron chi connectivity index (χ0n) is 12.5. The Bertz CT molecular complexity index is 361. The van der Waals surface area contributed by atoms with Crippen LogP contribution in [0.5, 0.6) is 0 Å². The molecule has 0 rings (SSSR count). The highest BCUT2D eigenvalue weighted by Gasteiger charge is 2.73. The van der Waals surface area contributed by atoms with Crippen LogP contribution in [0.2, 0.25) is 0 Å².